The molecule has 2 rings (SSSR count). The summed E-state index contributed by atoms with van der Waals surface area (Å²) in [6.45, 7) is 0. The number of benzene rings is 1. The van der Waals surface area contributed by atoms with Crippen LogP contribution in [0.15, 0.2) is 34.7 Å². The second-order valence-corrected chi connectivity index (χ2v) is 2.96. The number of nitrogens with zero attached hydrogens (tertiary/aromatic N) is 1. The molecule has 0 aliphatic heterocycles. The maximum atomic E-state index is 10.6. The molecule has 4 heteroatoms. The number of fused-ring (bicyclic) bond motifs is 1. The van der Waals surface area contributed by atoms with Crippen molar-refractivity contribution >= 4 is 22.9 Å². The molecule has 1 aromatic carbocycles. The standard InChI is InChI=1S/C10H9NO3/c1-11(10(12)13)9-6-7-4-2-3-5-8(7)14-9/h2-6H,1H3,(H,12,13). The summed E-state index contributed by atoms with van der Waals surface area (Å²) in [4.78, 5) is 11.7. The van der Waals surface area contributed by atoms with Gasteiger partial charge in [-0.1, -0.05) is 18.2 Å². The molecule has 0 aliphatic rings. The predicted molar refractivity (Wildman–Crippen MR) is 52.6 cm³/mol. The van der Waals surface area contributed by atoms with Crippen molar-refractivity contribution < 1.29 is 14.3 Å². The van der Waals surface area contributed by atoms with E-state index in [4.69, 9.17) is 9.52 Å². The average molecular weight is 191 g/mol. The van der Waals surface area contributed by atoms with Crippen LogP contribution in [0.2, 0.25) is 0 Å². The first kappa shape index (κ1) is 8.62. The molecule has 0 aliphatic carbocycles. The summed E-state index contributed by atoms with van der Waals surface area (Å²) in [5.74, 6) is 0.332. The third-order valence-corrected chi connectivity index (χ3v) is 2.03. The molecule has 0 unspecified atom stereocenters. The van der Waals surface area contributed by atoms with Gasteiger partial charge >= 0.3 is 6.09 Å². The van der Waals surface area contributed by atoms with Crippen molar-refractivity contribution in [2.45, 2.75) is 0 Å². The van der Waals surface area contributed by atoms with Crippen molar-refractivity contribution in [3.05, 3.63) is 30.3 Å². The monoisotopic (exact) mass is 191 g/mol. The average Bonchev–Trinajstić information content (AvgIpc) is 2.59. The number of carboxylic acid groups (broad SMARTS) is 1. The zero-order valence-electron chi connectivity index (χ0n) is 7.60. The molecule has 0 atom stereocenters. The highest BCUT2D eigenvalue weighted by Crippen LogP contribution is 2.24. The zero-order valence-corrected chi connectivity index (χ0v) is 7.60. The lowest BCUT2D eigenvalue weighted by Gasteiger charge is -2.07. The second kappa shape index (κ2) is 3.06. The van der Waals surface area contributed by atoms with Gasteiger partial charge in [-0.2, -0.15) is 0 Å². The minimum atomic E-state index is -1.04. The van der Waals surface area contributed by atoms with Crippen LogP contribution in [0.4, 0.5) is 10.7 Å². The molecule has 2 aromatic rings. The molecule has 1 amide bonds. The first-order valence-electron chi connectivity index (χ1n) is 4.14. The molecule has 0 bridgehead atoms. The third-order valence-electron chi connectivity index (χ3n) is 2.03. The number of hydrogen-bond donors (Lipinski definition) is 1. The first-order chi connectivity index (χ1) is 6.68. The molecule has 14 heavy (non-hydrogen) atoms. The van der Waals surface area contributed by atoms with Crippen molar-refractivity contribution in [3.8, 4) is 0 Å². The van der Waals surface area contributed by atoms with Crippen molar-refractivity contribution in [1.29, 1.82) is 0 Å². The van der Waals surface area contributed by atoms with Crippen LogP contribution in [0, 0.1) is 0 Å². The van der Waals surface area contributed by atoms with E-state index in [2.05, 4.69) is 0 Å². The number of anilines is 1. The maximum absolute atomic E-state index is 10.6. The quantitative estimate of drug-likeness (QED) is 0.753. The zero-order chi connectivity index (χ0) is 10.1. The van der Waals surface area contributed by atoms with E-state index in [9.17, 15) is 4.79 Å². The van der Waals surface area contributed by atoms with Crippen LogP contribution in [0.5, 0.6) is 0 Å². The van der Waals surface area contributed by atoms with Crippen LogP contribution < -0.4 is 4.90 Å². The third kappa shape index (κ3) is 1.31. The van der Waals surface area contributed by atoms with E-state index in [0.717, 1.165) is 10.3 Å². The molecule has 1 heterocycles. The van der Waals surface area contributed by atoms with Crippen LogP contribution in [-0.2, 0) is 0 Å². The maximum Gasteiger partial charge on any atom is 0.413 e. The summed E-state index contributed by atoms with van der Waals surface area (Å²) in [6.07, 6.45) is -1.04. The van der Waals surface area contributed by atoms with E-state index in [0.29, 0.717) is 11.5 Å². The minimum Gasteiger partial charge on any atom is -0.465 e. The highest BCUT2D eigenvalue weighted by atomic mass is 16.4. The topological polar surface area (TPSA) is 53.7 Å². The second-order valence-electron chi connectivity index (χ2n) is 2.96. The lowest BCUT2D eigenvalue weighted by atomic mass is 10.3. The van der Waals surface area contributed by atoms with Crippen molar-refractivity contribution in [1.82, 2.24) is 0 Å². The van der Waals surface area contributed by atoms with Gasteiger partial charge in [-0.05, 0) is 6.07 Å². The first-order valence-corrected chi connectivity index (χ1v) is 4.14. The molecule has 0 saturated carbocycles. The van der Waals surface area contributed by atoms with Crippen molar-refractivity contribution in [3.63, 3.8) is 0 Å². The van der Waals surface area contributed by atoms with Gasteiger partial charge in [0.2, 0.25) is 5.88 Å². The Kier molecular flexibility index (Phi) is 1.89. The van der Waals surface area contributed by atoms with Gasteiger partial charge in [0, 0.05) is 18.5 Å². The lowest BCUT2D eigenvalue weighted by Crippen LogP contribution is -2.22. The Morgan fingerprint density at radius 2 is 2.14 bits per heavy atom. The Balaban J connectivity index is 2.50. The van der Waals surface area contributed by atoms with E-state index in [1.165, 1.54) is 7.05 Å². The summed E-state index contributed by atoms with van der Waals surface area (Å²) in [5, 5.41) is 9.63. The number of furan rings is 1. The Morgan fingerprint density at radius 3 is 2.79 bits per heavy atom. The van der Waals surface area contributed by atoms with Gasteiger partial charge in [-0.3, -0.25) is 4.90 Å². The number of amides is 1. The Hall–Kier alpha value is -1.97. The number of rotatable bonds is 1. The minimum absolute atomic E-state index is 0.332. The number of para-hydroxylation sites is 1. The van der Waals surface area contributed by atoms with Gasteiger partial charge in [0.15, 0.2) is 0 Å². The van der Waals surface area contributed by atoms with Crippen LogP contribution in [0.25, 0.3) is 11.0 Å². The fourth-order valence-electron chi connectivity index (χ4n) is 1.23. The summed E-state index contributed by atoms with van der Waals surface area (Å²) in [6, 6.07) is 9.09. The van der Waals surface area contributed by atoms with E-state index in [-0.39, 0.29) is 0 Å². The fourth-order valence-corrected chi connectivity index (χ4v) is 1.23. The fraction of sp³-hybridized carbons (Fsp3) is 0.100. The number of carbonyl (C=O) groups is 1. The van der Waals surface area contributed by atoms with E-state index >= 15 is 0 Å². The predicted octanol–water partition coefficient (Wildman–Crippen LogP) is 2.55. The molecule has 0 spiro atoms. The van der Waals surface area contributed by atoms with Gasteiger partial charge in [0.1, 0.15) is 5.58 Å². The van der Waals surface area contributed by atoms with Crippen LogP contribution in [0.1, 0.15) is 0 Å². The summed E-state index contributed by atoms with van der Waals surface area (Å²) < 4.78 is 5.34. The Bertz CT molecular complexity index is 442. The molecule has 72 valence electrons. The molecular weight excluding hydrogens is 182 g/mol. The molecule has 4 nitrogen and oxygen atoms in total. The SMILES string of the molecule is CN(C(=O)O)c1cc2ccccc2o1. The Labute approximate surface area is 80.4 Å². The lowest BCUT2D eigenvalue weighted by molar-refractivity contribution is 0.202. The van der Waals surface area contributed by atoms with Crippen LogP contribution >= 0.6 is 0 Å². The molecule has 1 N–H and O–H groups in total. The molecular formula is C10H9NO3. The van der Waals surface area contributed by atoms with Crippen molar-refractivity contribution in [2.24, 2.45) is 0 Å². The summed E-state index contributed by atoms with van der Waals surface area (Å²) in [7, 11) is 1.44. The van der Waals surface area contributed by atoms with E-state index < -0.39 is 6.09 Å². The number of hydrogen-bond acceptors (Lipinski definition) is 2. The van der Waals surface area contributed by atoms with Crippen LogP contribution in [0.3, 0.4) is 0 Å². The van der Waals surface area contributed by atoms with Gasteiger partial charge in [0.05, 0.1) is 0 Å². The van der Waals surface area contributed by atoms with Gasteiger partial charge < -0.3 is 9.52 Å². The van der Waals surface area contributed by atoms with Gasteiger partial charge in [-0.15, -0.1) is 0 Å². The van der Waals surface area contributed by atoms with Crippen molar-refractivity contribution in [2.75, 3.05) is 11.9 Å². The largest absolute Gasteiger partial charge is 0.465 e. The van der Waals surface area contributed by atoms with E-state index in [1.807, 2.05) is 18.2 Å². The normalized spacial score (nSPS) is 10.4. The smallest absolute Gasteiger partial charge is 0.413 e. The van der Waals surface area contributed by atoms with Gasteiger partial charge in [0.25, 0.3) is 0 Å². The summed E-state index contributed by atoms with van der Waals surface area (Å²) >= 11 is 0. The summed E-state index contributed by atoms with van der Waals surface area (Å²) in [5.41, 5.74) is 0.690. The molecule has 1 aromatic heterocycles. The molecule has 0 fully saturated rings. The Morgan fingerprint density at radius 1 is 1.43 bits per heavy atom. The molecule has 0 saturated heterocycles. The highest BCUT2D eigenvalue weighted by molar-refractivity contribution is 5.88. The van der Waals surface area contributed by atoms with Gasteiger partial charge in [-0.25, -0.2) is 4.79 Å². The molecule has 0 radical (unpaired) electrons. The van der Waals surface area contributed by atoms with Crippen LogP contribution in [-0.4, -0.2) is 18.2 Å². The highest BCUT2D eigenvalue weighted by Gasteiger charge is 2.12. The van der Waals surface area contributed by atoms with E-state index in [1.54, 1.807) is 12.1 Å².